The van der Waals surface area contributed by atoms with Crippen LogP contribution in [-0.2, 0) is 14.6 Å². The van der Waals surface area contributed by atoms with Gasteiger partial charge in [-0.25, -0.2) is 0 Å². The lowest BCUT2D eigenvalue weighted by atomic mass is 9.55. The van der Waals surface area contributed by atoms with Crippen molar-refractivity contribution >= 4 is 31.7 Å². The molecule has 39 heavy (non-hydrogen) atoms. The normalized spacial score (nSPS) is 33.0. The minimum Gasteiger partial charge on any atom is -0.412 e. The van der Waals surface area contributed by atoms with Crippen LogP contribution < -0.4 is 4.90 Å². The molecule has 1 amide bonds. The largest absolute Gasteiger partial charge is 0.412 e. The number of amides is 1. The summed E-state index contributed by atoms with van der Waals surface area (Å²) < 4.78 is 6.97. The minimum atomic E-state index is -1.96. The average molecular weight is 571 g/mol. The van der Waals surface area contributed by atoms with Crippen LogP contribution in [0.1, 0.15) is 67.4 Å². The fourth-order valence-electron chi connectivity index (χ4n) is 9.79. The number of fused-ring (bicyclic) bond motifs is 2. The van der Waals surface area contributed by atoms with Gasteiger partial charge in [-0.05, 0) is 46.3 Å². The quantitative estimate of drug-likeness (QED) is 0.282. The zero-order chi connectivity index (χ0) is 28.3. The van der Waals surface area contributed by atoms with Crippen molar-refractivity contribution in [1.82, 2.24) is 4.90 Å². The number of thioether (sulfide) groups is 1. The van der Waals surface area contributed by atoms with E-state index in [1.165, 1.54) is 11.1 Å². The number of hydrogen-bond acceptors (Lipinski definition) is 5. The molecule has 5 nitrogen and oxygen atoms in total. The number of para-hydroxylation sites is 1. The van der Waals surface area contributed by atoms with Gasteiger partial charge in [-0.1, -0.05) is 78.3 Å². The fourth-order valence-corrected chi connectivity index (χ4v) is 16.6. The van der Waals surface area contributed by atoms with E-state index in [-0.39, 0.29) is 35.8 Å². The fraction of sp³-hybridized carbons (Fsp3) is 0.719. The van der Waals surface area contributed by atoms with Gasteiger partial charge in [-0.2, -0.15) is 11.8 Å². The summed E-state index contributed by atoms with van der Waals surface area (Å²) in [5.74, 6) is 1.44. The molecule has 7 heteroatoms. The van der Waals surface area contributed by atoms with Crippen molar-refractivity contribution in [2.24, 2.45) is 11.8 Å². The Bertz CT molecular complexity index is 1080. The Morgan fingerprint density at radius 2 is 1.85 bits per heavy atom. The van der Waals surface area contributed by atoms with Gasteiger partial charge in [-0.15, -0.1) is 0 Å². The highest BCUT2D eigenvalue weighted by Gasteiger charge is 2.71. The molecule has 2 bridgehead atoms. The third-order valence-electron chi connectivity index (χ3n) is 10.9. The maximum Gasteiger partial charge on any atom is 0.224 e. The maximum atomic E-state index is 13.3. The van der Waals surface area contributed by atoms with E-state index in [2.05, 4.69) is 100 Å². The van der Waals surface area contributed by atoms with Gasteiger partial charge in [0.2, 0.25) is 14.2 Å². The predicted octanol–water partition coefficient (Wildman–Crippen LogP) is 6.23. The second-order valence-corrected chi connectivity index (χ2v) is 20.2. The maximum absolute atomic E-state index is 13.3. The van der Waals surface area contributed by atoms with E-state index >= 15 is 0 Å². The van der Waals surface area contributed by atoms with Crippen molar-refractivity contribution in [2.45, 2.75) is 101 Å². The number of piperidine rings is 1. The number of aliphatic hydroxyl groups excluding tert-OH is 1. The lowest BCUT2D eigenvalue weighted by molar-refractivity contribution is -0.118. The molecule has 0 aromatic heterocycles. The molecule has 1 aromatic carbocycles. The van der Waals surface area contributed by atoms with Crippen LogP contribution in [0.3, 0.4) is 0 Å². The van der Waals surface area contributed by atoms with Crippen LogP contribution >= 0.6 is 11.8 Å². The topological polar surface area (TPSA) is 53.0 Å². The van der Waals surface area contributed by atoms with E-state index in [1.54, 1.807) is 6.92 Å². The molecule has 3 heterocycles. The average Bonchev–Trinajstić information content (AvgIpc) is 3.38. The third-order valence-corrected chi connectivity index (χ3v) is 18.2. The first-order chi connectivity index (χ1) is 18.6. The molecule has 216 valence electrons. The molecule has 1 unspecified atom stereocenters. The number of carbonyl (C=O) groups excluding carboxylic acids is 1. The van der Waals surface area contributed by atoms with Gasteiger partial charge in [0.25, 0.3) is 0 Å². The number of carbonyl (C=O) groups is 1. The van der Waals surface area contributed by atoms with Gasteiger partial charge in [0.15, 0.2) is 0 Å². The summed E-state index contributed by atoms with van der Waals surface area (Å²) in [5.41, 5.74) is 5.35. The van der Waals surface area contributed by atoms with E-state index in [0.717, 1.165) is 31.0 Å². The summed E-state index contributed by atoms with van der Waals surface area (Å²) in [6.45, 7) is 20.8. The Labute approximate surface area is 241 Å². The summed E-state index contributed by atoms with van der Waals surface area (Å²) in [6.07, 6.45) is 3.43. The molecule has 6 atom stereocenters. The zero-order valence-corrected chi connectivity index (χ0v) is 27.1. The zero-order valence-electron chi connectivity index (χ0n) is 25.3. The molecule has 1 saturated carbocycles. The van der Waals surface area contributed by atoms with Crippen molar-refractivity contribution in [3.05, 3.63) is 41.5 Å². The number of anilines is 1. The lowest BCUT2D eigenvalue weighted by Crippen LogP contribution is -2.67. The van der Waals surface area contributed by atoms with Gasteiger partial charge < -0.3 is 14.4 Å². The Morgan fingerprint density at radius 1 is 1.18 bits per heavy atom. The van der Waals surface area contributed by atoms with Crippen LogP contribution in [0.25, 0.3) is 0 Å². The predicted molar refractivity (Wildman–Crippen MR) is 166 cm³/mol. The molecule has 5 rings (SSSR count). The summed E-state index contributed by atoms with van der Waals surface area (Å²) in [7, 11) is -1.96. The van der Waals surface area contributed by atoms with Crippen molar-refractivity contribution in [3.8, 4) is 0 Å². The van der Waals surface area contributed by atoms with Crippen LogP contribution in [0.15, 0.2) is 35.9 Å². The highest BCUT2D eigenvalue weighted by atomic mass is 32.2. The highest BCUT2D eigenvalue weighted by molar-refractivity contribution is 8.00. The van der Waals surface area contributed by atoms with Gasteiger partial charge in [0.1, 0.15) is 0 Å². The molecule has 3 aliphatic heterocycles. The first-order valence-electron chi connectivity index (χ1n) is 15.3. The van der Waals surface area contributed by atoms with E-state index < -0.39 is 8.32 Å². The van der Waals surface area contributed by atoms with E-state index in [9.17, 15) is 9.90 Å². The van der Waals surface area contributed by atoms with Gasteiger partial charge in [-0.3, -0.25) is 9.69 Å². The minimum absolute atomic E-state index is 0.0183. The lowest BCUT2D eigenvalue weighted by Gasteiger charge is -2.57. The van der Waals surface area contributed by atoms with Crippen molar-refractivity contribution < 1.29 is 14.3 Å². The van der Waals surface area contributed by atoms with E-state index in [4.69, 9.17) is 4.43 Å². The Kier molecular flexibility index (Phi) is 8.24. The Balaban J connectivity index is 1.56. The molecular weight excluding hydrogens is 521 g/mol. The number of hydrogen-bond donors (Lipinski definition) is 1. The summed E-state index contributed by atoms with van der Waals surface area (Å²) in [5, 5.41) is 11.4. The SMILES string of the molecule is CCS[C@@H]1CN2C/C(=C/CO[Si](C(C)C)(C(C)C)C(C)C)[C@@H]3C[C@H]2C12c1ccccc1N(C(C)=O)[C@H]2[C@H]3CO. The summed E-state index contributed by atoms with van der Waals surface area (Å²) in [6, 6.07) is 8.99. The molecule has 0 radical (unpaired) electrons. The van der Waals surface area contributed by atoms with Crippen LogP contribution in [0.2, 0.25) is 16.6 Å². The van der Waals surface area contributed by atoms with E-state index in [1.807, 2.05) is 0 Å². The molecule has 1 aromatic rings. The number of rotatable bonds is 9. The summed E-state index contributed by atoms with van der Waals surface area (Å²) in [4.78, 5) is 18.1. The second-order valence-electron chi connectivity index (χ2n) is 13.3. The molecule has 4 aliphatic rings. The van der Waals surface area contributed by atoms with Crippen LogP contribution in [0.4, 0.5) is 5.69 Å². The van der Waals surface area contributed by atoms with Crippen LogP contribution in [-0.4, -0.2) is 73.6 Å². The van der Waals surface area contributed by atoms with Crippen LogP contribution in [0, 0.1) is 11.8 Å². The molecular formula is C32H50N2O3SSi. The monoisotopic (exact) mass is 570 g/mol. The Morgan fingerprint density at radius 3 is 2.44 bits per heavy atom. The number of aliphatic hydroxyl groups is 1. The number of nitrogens with zero attached hydrogens (tertiary/aromatic N) is 2. The third kappa shape index (κ3) is 4.16. The van der Waals surface area contributed by atoms with E-state index in [0.29, 0.717) is 34.5 Å². The van der Waals surface area contributed by atoms with Crippen LogP contribution in [0.5, 0.6) is 0 Å². The number of benzene rings is 1. The summed E-state index contributed by atoms with van der Waals surface area (Å²) >= 11 is 2.05. The first-order valence-corrected chi connectivity index (χ1v) is 18.4. The second kappa shape index (κ2) is 10.9. The van der Waals surface area contributed by atoms with Crippen molar-refractivity contribution in [2.75, 3.05) is 37.0 Å². The molecule has 1 N–H and O–H groups in total. The molecule has 1 spiro atoms. The standard InChI is InChI=1S/C32H50N2O3SSi/c1-9-38-30-18-33-17-24(14-15-37-39(20(2)3,21(4)5)22(6)7)25-16-29(33)32(30)27-12-10-11-13-28(27)34(23(8)36)31(32)26(25)19-35/h10-14,20-22,25-26,29-31,35H,9,15-19H2,1-8H3/b24-14-/t25-,26-,29-,30+,31-,32?/m0/s1. The Hall–Kier alpha value is -1.12. The van der Waals surface area contributed by atoms with Gasteiger partial charge >= 0.3 is 0 Å². The van der Waals surface area contributed by atoms with Gasteiger partial charge in [0, 0.05) is 54.9 Å². The molecule has 1 aliphatic carbocycles. The first kappa shape index (κ1) is 29.4. The smallest absolute Gasteiger partial charge is 0.224 e. The molecule has 2 saturated heterocycles. The molecule has 3 fully saturated rings. The van der Waals surface area contributed by atoms with Gasteiger partial charge in [0.05, 0.1) is 12.6 Å². The van der Waals surface area contributed by atoms with Crippen molar-refractivity contribution in [3.63, 3.8) is 0 Å². The highest BCUT2D eigenvalue weighted by Crippen LogP contribution is 2.65. The van der Waals surface area contributed by atoms with Crippen molar-refractivity contribution in [1.29, 1.82) is 0 Å².